The predicted molar refractivity (Wildman–Crippen MR) is 80.3 cm³/mol. The van der Waals surface area contributed by atoms with Gasteiger partial charge in [0.15, 0.2) is 0 Å². The highest BCUT2D eigenvalue weighted by molar-refractivity contribution is 9.10. The lowest BCUT2D eigenvalue weighted by Gasteiger charge is -2.20. The fraction of sp³-hybridized carbons (Fsp3) is 0.417. The smallest absolute Gasteiger partial charge is 0.326 e. The second-order valence-electron chi connectivity index (χ2n) is 4.36. The van der Waals surface area contributed by atoms with Crippen LogP contribution in [0, 0.1) is 0 Å². The molecule has 7 nitrogen and oxygen atoms in total. The van der Waals surface area contributed by atoms with Gasteiger partial charge >= 0.3 is 18.0 Å². The molecule has 1 aromatic rings. The molecule has 0 spiro atoms. The van der Waals surface area contributed by atoms with Crippen molar-refractivity contribution in [1.82, 2.24) is 10.2 Å². The van der Waals surface area contributed by atoms with Crippen molar-refractivity contribution in [2.24, 2.45) is 0 Å². The van der Waals surface area contributed by atoms with Crippen LogP contribution in [0.1, 0.15) is 17.7 Å². The number of aliphatic carboxylic acids is 2. The van der Waals surface area contributed by atoms with Crippen molar-refractivity contribution in [3.05, 3.63) is 20.8 Å². The van der Waals surface area contributed by atoms with Crippen LogP contribution in [-0.4, -0.2) is 46.2 Å². The molecule has 116 valence electrons. The van der Waals surface area contributed by atoms with E-state index in [1.54, 1.807) is 7.05 Å². The van der Waals surface area contributed by atoms with Gasteiger partial charge in [-0.05, 0) is 28.4 Å². The third kappa shape index (κ3) is 6.13. The van der Waals surface area contributed by atoms with Gasteiger partial charge in [-0.3, -0.25) is 4.79 Å². The first-order chi connectivity index (χ1) is 9.79. The van der Waals surface area contributed by atoms with Gasteiger partial charge in [0.25, 0.3) is 0 Å². The Morgan fingerprint density at radius 3 is 2.57 bits per heavy atom. The normalized spacial score (nSPS) is 11.7. The Balaban J connectivity index is 2.55. The monoisotopic (exact) mass is 378 g/mol. The van der Waals surface area contributed by atoms with Gasteiger partial charge in [-0.2, -0.15) is 0 Å². The van der Waals surface area contributed by atoms with E-state index < -0.39 is 24.0 Å². The maximum Gasteiger partial charge on any atom is 0.326 e. The molecule has 0 fully saturated rings. The van der Waals surface area contributed by atoms with E-state index in [0.29, 0.717) is 6.54 Å². The summed E-state index contributed by atoms with van der Waals surface area (Å²) in [7, 11) is 1.54. The van der Waals surface area contributed by atoms with Crippen LogP contribution in [0.4, 0.5) is 4.79 Å². The van der Waals surface area contributed by atoms with Crippen molar-refractivity contribution >= 4 is 45.2 Å². The van der Waals surface area contributed by atoms with Gasteiger partial charge in [0, 0.05) is 28.2 Å². The fourth-order valence-electron chi connectivity index (χ4n) is 1.53. The highest BCUT2D eigenvalue weighted by atomic mass is 79.9. The molecule has 3 N–H and O–H groups in total. The first-order valence-electron chi connectivity index (χ1n) is 5.98. The lowest BCUT2D eigenvalue weighted by molar-refractivity contribution is -0.140. The summed E-state index contributed by atoms with van der Waals surface area (Å²) in [5, 5.41) is 21.7. The van der Waals surface area contributed by atoms with Gasteiger partial charge in [-0.15, -0.1) is 11.3 Å². The molecule has 1 atom stereocenters. The van der Waals surface area contributed by atoms with E-state index in [9.17, 15) is 14.4 Å². The highest BCUT2D eigenvalue weighted by Gasteiger charge is 2.22. The molecule has 2 amide bonds. The van der Waals surface area contributed by atoms with Crippen LogP contribution in [0.25, 0.3) is 0 Å². The van der Waals surface area contributed by atoms with Gasteiger partial charge in [-0.25, -0.2) is 9.59 Å². The molecule has 21 heavy (non-hydrogen) atoms. The summed E-state index contributed by atoms with van der Waals surface area (Å²) in [6, 6.07) is 0.0940. The molecular weight excluding hydrogens is 364 g/mol. The van der Waals surface area contributed by atoms with Crippen LogP contribution >= 0.6 is 27.3 Å². The van der Waals surface area contributed by atoms with Gasteiger partial charge in [0.05, 0.1) is 6.54 Å². The lowest BCUT2D eigenvalue weighted by atomic mass is 10.1. The average molecular weight is 379 g/mol. The van der Waals surface area contributed by atoms with Crippen molar-refractivity contribution in [1.29, 1.82) is 0 Å². The summed E-state index contributed by atoms with van der Waals surface area (Å²) in [5.41, 5.74) is 0. The van der Waals surface area contributed by atoms with E-state index in [1.807, 2.05) is 11.4 Å². The number of urea groups is 1. The molecule has 0 bridgehead atoms. The van der Waals surface area contributed by atoms with Crippen LogP contribution in [0.15, 0.2) is 15.9 Å². The first-order valence-corrected chi connectivity index (χ1v) is 7.66. The number of carbonyl (C=O) groups is 3. The number of thiophene rings is 1. The predicted octanol–water partition coefficient (Wildman–Crippen LogP) is 1.97. The van der Waals surface area contributed by atoms with Crippen LogP contribution in [-0.2, 0) is 16.1 Å². The minimum absolute atomic E-state index is 0.158. The number of carboxylic acids is 2. The molecule has 1 heterocycles. The van der Waals surface area contributed by atoms with Crippen molar-refractivity contribution < 1.29 is 24.6 Å². The largest absolute Gasteiger partial charge is 0.481 e. The summed E-state index contributed by atoms with van der Waals surface area (Å²) in [5.74, 6) is -2.36. The number of amides is 2. The summed E-state index contributed by atoms with van der Waals surface area (Å²) in [4.78, 5) is 35.7. The Morgan fingerprint density at radius 2 is 2.10 bits per heavy atom. The Kier molecular flexibility index (Phi) is 6.63. The second kappa shape index (κ2) is 7.99. The van der Waals surface area contributed by atoms with Crippen LogP contribution in [0.5, 0.6) is 0 Å². The topological polar surface area (TPSA) is 107 Å². The Labute approximate surface area is 133 Å². The van der Waals surface area contributed by atoms with Crippen LogP contribution < -0.4 is 5.32 Å². The van der Waals surface area contributed by atoms with Crippen molar-refractivity contribution in [3.63, 3.8) is 0 Å². The van der Waals surface area contributed by atoms with E-state index in [0.717, 1.165) is 9.35 Å². The molecule has 0 saturated heterocycles. The number of carbonyl (C=O) groups excluding carboxylic acids is 1. The Bertz CT molecular complexity index is 533. The van der Waals surface area contributed by atoms with E-state index >= 15 is 0 Å². The lowest BCUT2D eigenvalue weighted by Crippen LogP contribution is -2.46. The molecular formula is C12H15BrN2O5S. The standard InChI is InChI=1S/C12H15BrN2O5S/c1-15(5-8-4-7(13)6-21-8)12(20)14-9(11(18)19)2-3-10(16)17/h4,6,9H,2-3,5H2,1H3,(H,14,20)(H,16,17)(H,18,19). The number of carboxylic acid groups (broad SMARTS) is 2. The van der Waals surface area contributed by atoms with Gasteiger partial charge in [-0.1, -0.05) is 0 Å². The third-order valence-electron chi connectivity index (χ3n) is 2.60. The molecule has 1 rings (SSSR count). The van der Waals surface area contributed by atoms with Crippen molar-refractivity contribution in [2.45, 2.75) is 25.4 Å². The fourth-order valence-corrected chi connectivity index (χ4v) is 3.03. The zero-order valence-corrected chi connectivity index (χ0v) is 13.6. The first kappa shape index (κ1) is 17.4. The number of rotatable bonds is 7. The van der Waals surface area contributed by atoms with E-state index in [1.165, 1.54) is 16.2 Å². The summed E-state index contributed by atoms with van der Waals surface area (Å²) < 4.78 is 0.918. The molecule has 1 unspecified atom stereocenters. The van der Waals surface area contributed by atoms with E-state index in [-0.39, 0.29) is 12.8 Å². The van der Waals surface area contributed by atoms with Gasteiger partial charge in [0.2, 0.25) is 0 Å². The number of hydrogen-bond acceptors (Lipinski definition) is 4. The number of nitrogens with one attached hydrogen (secondary N) is 1. The van der Waals surface area contributed by atoms with E-state index in [4.69, 9.17) is 10.2 Å². The SMILES string of the molecule is CN(Cc1cc(Br)cs1)C(=O)NC(CCC(=O)O)C(=O)O. The molecule has 0 aromatic carbocycles. The number of halogens is 1. The molecule has 9 heteroatoms. The van der Waals surface area contributed by atoms with Crippen molar-refractivity contribution in [3.8, 4) is 0 Å². The summed E-state index contributed by atoms with van der Waals surface area (Å²) in [6.07, 6.45) is -0.479. The second-order valence-corrected chi connectivity index (χ2v) is 6.27. The number of hydrogen-bond donors (Lipinski definition) is 3. The Morgan fingerprint density at radius 1 is 1.43 bits per heavy atom. The third-order valence-corrected chi connectivity index (χ3v) is 4.29. The maximum absolute atomic E-state index is 11.9. The molecule has 0 saturated carbocycles. The molecule has 0 radical (unpaired) electrons. The van der Waals surface area contributed by atoms with Gasteiger partial charge in [0.1, 0.15) is 6.04 Å². The Hall–Kier alpha value is -1.61. The molecule has 0 aliphatic rings. The van der Waals surface area contributed by atoms with Crippen molar-refractivity contribution in [2.75, 3.05) is 7.05 Å². The minimum Gasteiger partial charge on any atom is -0.481 e. The summed E-state index contributed by atoms with van der Waals surface area (Å²) in [6.45, 7) is 0.341. The quantitative estimate of drug-likeness (QED) is 0.672. The van der Waals surface area contributed by atoms with E-state index in [2.05, 4.69) is 21.2 Å². The minimum atomic E-state index is -1.25. The van der Waals surface area contributed by atoms with Crippen LogP contribution in [0.3, 0.4) is 0 Å². The zero-order valence-electron chi connectivity index (χ0n) is 11.2. The average Bonchev–Trinajstić information content (AvgIpc) is 2.78. The van der Waals surface area contributed by atoms with Gasteiger partial charge < -0.3 is 20.4 Å². The number of nitrogens with zero attached hydrogens (tertiary/aromatic N) is 1. The maximum atomic E-state index is 11.9. The molecule has 0 aliphatic heterocycles. The zero-order chi connectivity index (χ0) is 16.0. The van der Waals surface area contributed by atoms with Crippen LogP contribution in [0.2, 0.25) is 0 Å². The molecule has 0 aliphatic carbocycles. The summed E-state index contributed by atoms with van der Waals surface area (Å²) >= 11 is 4.78. The highest BCUT2D eigenvalue weighted by Crippen LogP contribution is 2.20. The molecule has 1 aromatic heterocycles.